The molecule has 0 aliphatic rings. The molecule has 0 radical (unpaired) electrons. The normalized spacial score (nSPS) is 12.4. The number of hydrogen-bond donors (Lipinski definition) is 4. The molecule has 20 nitrogen and oxygen atoms in total. The minimum Gasteiger partial charge on any atom is -0.497 e. The first kappa shape index (κ1) is 61.5. The predicted octanol–water partition coefficient (Wildman–Crippen LogP) is 8.01. The second-order valence-corrected chi connectivity index (χ2v) is 19.2. The average molecular weight is 1170 g/mol. The van der Waals surface area contributed by atoms with Crippen molar-refractivity contribution in [2.45, 2.75) is 30.8 Å². The molecule has 0 amide bonds. The van der Waals surface area contributed by atoms with Gasteiger partial charge in [0.2, 0.25) is 0 Å². The Morgan fingerprint density at radius 1 is 0.318 bits per heavy atom. The summed E-state index contributed by atoms with van der Waals surface area (Å²) in [4.78, 5) is 51.4. The van der Waals surface area contributed by atoms with Gasteiger partial charge in [-0.25, -0.2) is 19.2 Å². The maximum Gasteiger partial charge on any atom is 0.338 e. The maximum atomic E-state index is 12.9. The molecular formula is C65H64O20. The van der Waals surface area contributed by atoms with Crippen molar-refractivity contribution in [1.82, 2.24) is 0 Å². The molecule has 0 aliphatic heterocycles. The highest BCUT2D eigenvalue weighted by Gasteiger charge is 2.22. The van der Waals surface area contributed by atoms with Crippen molar-refractivity contribution in [2.75, 3.05) is 81.3 Å². The second-order valence-electron chi connectivity index (χ2n) is 19.2. The van der Waals surface area contributed by atoms with Crippen molar-refractivity contribution in [3.05, 3.63) is 191 Å². The third-order valence-corrected chi connectivity index (χ3v) is 13.2. The highest BCUT2D eigenvalue weighted by atomic mass is 16.6. The number of carbonyl (C=O) groups excluding carboxylic acids is 4. The fraction of sp³-hybridized carbons (Fsp3) is 0.262. The highest BCUT2D eigenvalue weighted by Crippen LogP contribution is 2.39. The minimum absolute atomic E-state index is 0.0330. The van der Waals surface area contributed by atoms with E-state index in [4.69, 9.17) is 56.8 Å². The molecule has 4 unspecified atom stereocenters. The van der Waals surface area contributed by atoms with E-state index < -0.39 is 61.5 Å². The molecule has 4 N–H and O–H groups in total. The third kappa shape index (κ3) is 17.2. The van der Waals surface area contributed by atoms with Gasteiger partial charge in [0.25, 0.3) is 0 Å². The lowest BCUT2D eigenvalue weighted by Crippen LogP contribution is -2.26. The molecule has 0 saturated heterocycles. The van der Waals surface area contributed by atoms with Gasteiger partial charge in [0.05, 0.1) is 50.7 Å². The summed E-state index contributed by atoms with van der Waals surface area (Å²) in [6.07, 6.45) is -5.01. The van der Waals surface area contributed by atoms with Gasteiger partial charge in [0.1, 0.15) is 123 Å². The molecule has 0 spiro atoms. The van der Waals surface area contributed by atoms with E-state index in [1.807, 2.05) is 0 Å². The highest BCUT2D eigenvalue weighted by molar-refractivity contribution is 5.94. The number of rotatable bonds is 30. The standard InChI is InChI=1S/C65H64O20/c1-74-50-17-7-42(8-18-50)62(70)82-36-46(66)32-78-54-25-5-40-15-27-60(80-34-48(68)38-84-64(72)44-11-21-52(76-3)22-12-44)58(56(40)29-54)31-59-57-30-55(79-33-47(67)37-83-63(71)43-9-19-51(75-2)20-10-43)26-6-41(57)16-28-61(59)81-35-49(69)39-85-65(73)45-13-23-53(77-4)24-14-45/h5-30,46-49,66-69H,31-39H2,1-4H3. The van der Waals surface area contributed by atoms with E-state index in [2.05, 4.69) is 0 Å². The fourth-order valence-electron chi connectivity index (χ4n) is 8.55. The van der Waals surface area contributed by atoms with Crippen LogP contribution in [0.2, 0.25) is 0 Å². The SMILES string of the molecule is COc1ccc(C(=O)OCC(O)COc2ccc3ccc(OCC(O)COC(=O)c4ccc(OC)cc4)c(Cc4c(OCC(O)COC(=O)c5ccc(OC)cc5)ccc5ccc(OCC(O)COC(=O)c6ccc(OC)cc6)cc45)c3c2)cc1. The first-order valence-electron chi connectivity index (χ1n) is 26.8. The fourth-order valence-corrected chi connectivity index (χ4v) is 8.55. The zero-order chi connectivity index (χ0) is 60.2. The number of aliphatic hydroxyl groups excluding tert-OH is 4. The number of fused-ring (bicyclic) bond motifs is 2. The van der Waals surface area contributed by atoms with Gasteiger partial charge in [0, 0.05) is 17.5 Å². The molecule has 8 aromatic carbocycles. The lowest BCUT2D eigenvalue weighted by atomic mass is 9.93. The quantitative estimate of drug-likeness (QED) is 0.0245. The number of esters is 4. The van der Waals surface area contributed by atoms with Gasteiger partial charge < -0.3 is 77.3 Å². The molecule has 8 rings (SSSR count). The van der Waals surface area contributed by atoms with Crippen LogP contribution < -0.4 is 37.9 Å². The van der Waals surface area contributed by atoms with Crippen LogP contribution in [0.1, 0.15) is 52.6 Å². The first-order valence-corrected chi connectivity index (χ1v) is 26.8. The summed E-state index contributed by atoms with van der Waals surface area (Å²) in [6.45, 7) is -2.76. The Balaban J connectivity index is 1.07. The topological polar surface area (TPSA) is 260 Å². The summed E-state index contributed by atoms with van der Waals surface area (Å²) >= 11 is 0. The summed E-state index contributed by atoms with van der Waals surface area (Å²) in [7, 11) is 6.03. The minimum atomic E-state index is -1.29. The summed E-state index contributed by atoms with van der Waals surface area (Å²) in [6, 6.07) is 42.8. The first-order chi connectivity index (χ1) is 41.2. The number of aliphatic hydroxyl groups is 4. The molecule has 0 saturated carbocycles. The van der Waals surface area contributed by atoms with E-state index >= 15 is 0 Å². The molecule has 0 aliphatic carbocycles. The Bertz CT molecular complexity index is 3270. The maximum absolute atomic E-state index is 12.9. The van der Waals surface area contributed by atoms with E-state index in [9.17, 15) is 39.6 Å². The van der Waals surface area contributed by atoms with Crippen LogP contribution in [0, 0.1) is 0 Å². The van der Waals surface area contributed by atoms with Gasteiger partial charge in [-0.3, -0.25) is 0 Å². The van der Waals surface area contributed by atoms with E-state index in [0.29, 0.717) is 67.9 Å². The number of hydrogen-bond acceptors (Lipinski definition) is 20. The van der Waals surface area contributed by atoms with Crippen LogP contribution in [0.5, 0.6) is 46.0 Å². The monoisotopic (exact) mass is 1160 g/mol. The molecule has 444 valence electrons. The largest absolute Gasteiger partial charge is 0.497 e. The average Bonchev–Trinajstić information content (AvgIpc) is 2.12. The molecule has 0 heterocycles. The lowest BCUT2D eigenvalue weighted by molar-refractivity contribution is 0.0127. The van der Waals surface area contributed by atoms with Crippen molar-refractivity contribution in [1.29, 1.82) is 0 Å². The smallest absolute Gasteiger partial charge is 0.338 e. The zero-order valence-corrected chi connectivity index (χ0v) is 47.0. The van der Waals surface area contributed by atoms with Crippen molar-refractivity contribution in [3.8, 4) is 46.0 Å². The Hall–Kier alpha value is -9.60. The molecule has 85 heavy (non-hydrogen) atoms. The molecule has 0 bridgehead atoms. The van der Waals surface area contributed by atoms with Gasteiger partial charge in [-0.15, -0.1) is 0 Å². The summed E-state index contributed by atoms with van der Waals surface area (Å²) in [5.74, 6) is 0.814. The van der Waals surface area contributed by atoms with Gasteiger partial charge in [-0.05, 0) is 155 Å². The molecule has 4 atom stereocenters. The van der Waals surface area contributed by atoms with Crippen LogP contribution in [-0.2, 0) is 25.4 Å². The molecular weight excluding hydrogens is 1100 g/mol. The van der Waals surface area contributed by atoms with Gasteiger partial charge in [-0.1, -0.05) is 24.3 Å². The summed E-state index contributed by atoms with van der Waals surface area (Å²) in [5, 5.41) is 46.9. The molecule has 8 aromatic rings. The van der Waals surface area contributed by atoms with Crippen LogP contribution in [0.15, 0.2) is 158 Å². The van der Waals surface area contributed by atoms with Crippen LogP contribution in [0.3, 0.4) is 0 Å². The Kier molecular flexibility index (Phi) is 21.8. The van der Waals surface area contributed by atoms with Gasteiger partial charge in [-0.2, -0.15) is 0 Å². The predicted molar refractivity (Wildman–Crippen MR) is 310 cm³/mol. The molecule has 20 heteroatoms. The van der Waals surface area contributed by atoms with Crippen LogP contribution in [-0.4, -0.2) is 150 Å². The van der Waals surface area contributed by atoms with Crippen molar-refractivity contribution >= 4 is 45.4 Å². The van der Waals surface area contributed by atoms with Crippen LogP contribution in [0.4, 0.5) is 0 Å². The van der Waals surface area contributed by atoms with Crippen molar-refractivity contribution in [3.63, 3.8) is 0 Å². The van der Waals surface area contributed by atoms with Gasteiger partial charge >= 0.3 is 23.9 Å². The second kappa shape index (κ2) is 30.1. The van der Waals surface area contributed by atoms with E-state index in [1.165, 1.54) is 52.7 Å². The van der Waals surface area contributed by atoms with E-state index in [1.54, 1.807) is 133 Å². The number of benzene rings is 8. The number of methoxy groups -OCH3 is 4. The van der Waals surface area contributed by atoms with Gasteiger partial charge in [0.15, 0.2) is 0 Å². The Morgan fingerprint density at radius 3 is 0.835 bits per heavy atom. The summed E-state index contributed by atoms with van der Waals surface area (Å²) < 4.78 is 67.3. The number of ether oxygens (including phenoxy) is 12. The van der Waals surface area contributed by atoms with E-state index in [-0.39, 0.29) is 68.3 Å². The van der Waals surface area contributed by atoms with Crippen LogP contribution in [0.25, 0.3) is 21.5 Å². The van der Waals surface area contributed by atoms with Crippen LogP contribution >= 0.6 is 0 Å². The zero-order valence-electron chi connectivity index (χ0n) is 47.0. The Morgan fingerprint density at radius 2 is 0.565 bits per heavy atom. The summed E-state index contributed by atoms with van der Waals surface area (Å²) in [5.41, 5.74) is 2.12. The number of carbonyl (C=O) groups is 4. The molecule has 0 aromatic heterocycles. The molecule has 0 fully saturated rings. The third-order valence-electron chi connectivity index (χ3n) is 13.2. The van der Waals surface area contributed by atoms with Crippen molar-refractivity contribution in [2.24, 2.45) is 0 Å². The van der Waals surface area contributed by atoms with Crippen molar-refractivity contribution < 1.29 is 96.4 Å². The van der Waals surface area contributed by atoms with E-state index in [0.717, 1.165) is 10.8 Å². The lowest BCUT2D eigenvalue weighted by Gasteiger charge is -2.21. The Labute approximate surface area is 489 Å².